The summed E-state index contributed by atoms with van der Waals surface area (Å²) in [5.74, 6) is -0.673. The molecule has 2 amide bonds. The van der Waals surface area contributed by atoms with Crippen molar-refractivity contribution in [1.82, 2.24) is 5.43 Å². The molecule has 0 saturated carbocycles. The predicted molar refractivity (Wildman–Crippen MR) is 77.0 cm³/mol. The van der Waals surface area contributed by atoms with Gasteiger partial charge in [-0.1, -0.05) is 23.2 Å². The Morgan fingerprint density at radius 3 is 2.70 bits per heavy atom. The van der Waals surface area contributed by atoms with Crippen LogP contribution in [0.3, 0.4) is 0 Å². The minimum absolute atomic E-state index is 0.0237. The summed E-state index contributed by atoms with van der Waals surface area (Å²) in [7, 11) is 0. The largest absolute Gasteiger partial charge is 0.482 e. The van der Waals surface area contributed by atoms with Crippen molar-refractivity contribution in [1.29, 1.82) is 0 Å². The molecule has 1 aromatic rings. The molecule has 0 radical (unpaired) electrons. The monoisotopic (exact) mass is 317 g/mol. The first kappa shape index (κ1) is 16.3. The third kappa shape index (κ3) is 5.90. The van der Waals surface area contributed by atoms with Gasteiger partial charge in [0.15, 0.2) is 6.61 Å². The van der Waals surface area contributed by atoms with Crippen LogP contribution < -0.4 is 15.9 Å². The van der Waals surface area contributed by atoms with Gasteiger partial charge in [0.1, 0.15) is 5.75 Å². The maximum absolute atomic E-state index is 11.5. The van der Waals surface area contributed by atoms with Crippen molar-refractivity contribution in [3.8, 4) is 5.75 Å². The lowest BCUT2D eigenvalue weighted by Crippen LogP contribution is -2.26. The Balaban J connectivity index is 2.45. The molecule has 0 aliphatic heterocycles. The van der Waals surface area contributed by atoms with Gasteiger partial charge in [-0.15, -0.1) is 0 Å². The fourth-order valence-corrected chi connectivity index (χ4v) is 1.68. The third-order valence-electron chi connectivity index (χ3n) is 2.05. The number of ether oxygens (including phenoxy) is 1. The Morgan fingerprint density at radius 2 is 2.10 bits per heavy atom. The molecule has 20 heavy (non-hydrogen) atoms. The maximum Gasteiger partial charge on any atom is 0.277 e. The topological polar surface area (TPSA) is 93.8 Å². The first-order chi connectivity index (χ1) is 9.38. The van der Waals surface area contributed by atoms with Gasteiger partial charge >= 0.3 is 0 Å². The second kappa shape index (κ2) is 7.72. The lowest BCUT2D eigenvalue weighted by molar-refractivity contribution is -0.123. The second-order valence-corrected chi connectivity index (χ2v) is 4.73. The molecule has 1 rings (SSSR count). The fraction of sp³-hybridized carbons (Fsp3) is 0.250. The number of nitrogens with zero attached hydrogens (tertiary/aromatic N) is 1. The maximum atomic E-state index is 11.5. The van der Waals surface area contributed by atoms with E-state index in [1.807, 2.05) is 0 Å². The number of primary amides is 1. The number of rotatable bonds is 6. The summed E-state index contributed by atoms with van der Waals surface area (Å²) in [6, 6.07) is 4.65. The van der Waals surface area contributed by atoms with E-state index in [1.165, 1.54) is 6.07 Å². The average molecular weight is 318 g/mol. The van der Waals surface area contributed by atoms with Crippen molar-refractivity contribution in [3.63, 3.8) is 0 Å². The molecular formula is C12H13Cl2N3O3. The number of hydrogen-bond donors (Lipinski definition) is 2. The summed E-state index contributed by atoms with van der Waals surface area (Å²) >= 11 is 11.6. The van der Waals surface area contributed by atoms with Gasteiger partial charge in [-0.05, 0) is 25.1 Å². The molecule has 0 saturated heterocycles. The lowest BCUT2D eigenvalue weighted by atomic mass is 10.3. The lowest BCUT2D eigenvalue weighted by Gasteiger charge is -2.07. The third-order valence-corrected chi connectivity index (χ3v) is 2.58. The summed E-state index contributed by atoms with van der Waals surface area (Å²) in [6.07, 6.45) is -0.0237. The molecule has 0 bridgehead atoms. The molecule has 108 valence electrons. The molecule has 0 heterocycles. The van der Waals surface area contributed by atoms with Crippen molar-refractivity contribution < 1.29 is 14.3 Å². The number of hydrazone groups is 1. The highest BCUT2D eigenvalue weighted by Gasteiger charge is 2.06. The number of nitrogens with two attached hydrogens (primary N) is 1. The smallest absolute Gasteiger partial charge is 0.277 e. The van der Waals surface area contributed by atoms with Crippen LogP contribution in [0.25, 0.3) is 0 Å². The van der Waals surface area contributed by atoms with E-state index in [1.54, 1.807) is 19.1 Å². The molecule has 0 fully saturated rings. The van der Waals surface area contributed by atoms with Crippen molar-refractivity contribution in [3.05, 3.63) is 28.2 Å². The van der Waals surface area contributed by atoms with Gasteiger partial charge in [0.05, 0.1) is 11.4 Å². The van der Waals surface area contributed by atoms with E-state index in [4.69, 9.17) is 33.7 Å². The van der Waals surface area contributed by atoms with Crippen LogP contribution >= 0.6 is 23.2 Å². The number of amides is 2. The van der Waals surface area contributed by atoms with Crippen LogP contribution in [-0.2, 0) is 9.59 Å². The van der Waals surface area contributed by atoms with E-state index in [0.29, 0.717) is 21.5 Å². The van der Waals surface area contributed by atoms with E-state index >= 15 is 0 Å². The van der Waals surface area contributed by atoms with Crippen molar-refractivity contribution in [2.45, 2.75) is 13.3 Å². The highest BCUT2D eigenvalue weighted by Crippen LogP contribution is 2.27. The van der Waals surface area contributed by atoms with E-state index in [0.717, 1.165) is 0 Å². The Labute approximate surface area is 125 Å². The highest BCUT2D eigenvalue weighted by atomic mass is 35.5. The van der Waals surface area contributed by atoms with Gasteiger partial charge in [0.25, 0.3) is 5.91 Å². The molecule has 0 aromatic heterocycles. The number of benzene rings is 1. The van der Waals surface area contributed by atoms with Gasteiger partial charge in [0.2, 0.25) is 5.91 Å². The van der Waals surface area contributed by atoms with Crippen molar-refractivity contribution in [2.24, 2.45) is 10.8 Å². The van der Waals surface area contributed by atoms with Crippen LogP contribution in [0.5, 0.6) is 5.75 Å². The Hall–Kier alpha value is -1.79. The van der Waals surface area contributed by atoms with Gasteiger partial charge in [-0.3, -0.25) is 9.59 Å². The van der Waals surface area contributed by atoms with Crippen LogP contribution in [0.1, 0.15) is 13.3 Å². The number of carbonyl (C=O) groups is 2. The fourth-order valence-electron chi connectivity index (χ4n) is 1.22. The summed E-state index contributed by atoms with van der Waals surface area (Å²) < 4.78 is 5.20. The van der Waals surface area contributed by atoms with E-state index in [-0.39, 0.29) is 13.0 Å². The first-order valence-electron chi connectivity index (χ1n) is 5.56. The standard InChI is InChI=1S/C12H13Cl2N3O3/c1-7(4-11(15)18)16-17-12(19)6-20-10-3-2-8(13)5-9(10)14/h2-3,5H,4,6H2,1H3,(H2,15,18)(H,17,19)/b16-7+. The average Bonchev–Trinajstić information content (AvgIpc) is 2.34. The Morgan fingerprint density at radius 1 is 1.40 bits per heavy atom. The molecule has 8 heteroatoms. The molecular weight excluding hydrogens is 305 g/mol. The summed E-state index contributed by atoms with van der Waals surface area (Å²) in [6.45, 7) is 1.30. The summed E-state index contributed by atoms with van der Waals surface area (Å²) in [5.41, 5.74) is 7.62. The Bertz CT molecular complexity index is 547. The van der Waals surface area contributed by atoms with Crippen LogP contribution in [0.15, 0.2) is 23.3 Å². The molecule has 1 aromatic carbocycles. The van der Waals surface area contributed by atoms with E-state index in [2.05, 4.69) is 10.5 Å². The second-order valence-electron chi connectivity index (χ2n) is 3.89. The minimum atomic E-state index is -0.523. The van der Waals surface area contributed by atoms with Gasteiger partial charge in [0, 0.05) is 10.7 Å². The highest BCUT2D eigenvalue weighted by molar-refractivity contribution is 6.35. The first-order valence-corrected chi connectivity index (χ1v) is 6.32. The van der Waals surface area contributed by atoms with E-state index < -0.39 is 11.8 Å². The molecule has 0 spiro atoms. The zero-order valence-electron chi connectivity index (χ0n) is 10.7. The SMILES string of the molecule is C/C(CC(N)=O)=N\NC(=O)COc1ccc(Cl)cc1Cl. The number of hydrogen-bond acceptors (Lipinski definition) is 4. The molecule has 3 N–H and O–H groups in total. The van der Waals surface area contributed by atoms with Crippen LogP contribution in [0.2, 0.25) is 10.0 Å². The minimum Gasteiger partial charge on any atom is -0.482 e. The summed E-state index contributed by atoms with van der Waals surface area (Å²) in [4.78, 5) is 22.1. The summed E-state index contributed by atoms with van der Waals surface area (Å²) in [5, 5.41) is 4.47. The normalized spacial score (nSPS) is 11.1. The van der Waals surface area contributed by atoms with Crippen LogP contribution in [0, 0.1) is 0 Å². The zero-order chi connectivity index (χ0) is 15.1. The van der Waals surface area contributed by atoms with Gasteiger partial charge in [-0.2, -0.15) is 5.10 Å². The molecule has 0 aliphatic rings. The van der Waals surface area contributed by atoms with Crippen molar-refractivity contribution >= 4 is 40.7 Å². The van der Waals surface area contributed by atoms with Gasteiger partial charge in [-0.25, -0.2) is 5.43 Å². The van der Waals surface area contributed by atoms with E-state index in [9.17, 15) is 9.59 Å². The number of nitrogens with one attached hydrogen (secondary N) is 1. The quantitative estimate of drug-likeness (QED) is 0.618. The zero-order valence-corrected chi connectivity index (χ0v) is 12.2. The van der Waals surface area contributed by atoms with Crippen molar-refractivity contribution in [2.75, 3.05) is 6.61 Å². The van der Waals surface area contributed by atoms with Crippen LogP contribution in [-0.4, -0.2) is 24.1 Å². The Kier molecular flexibility index (Phi) is 6.27. The number of halogens is 2. The molecule has 0 atom stereocenters. The molecule has 6 nitrogen and oxygen atoms in total. The number of carbonyl (C=O) groups excluding carboxylic acids is 2. The molecule has 0 aliphatic carbocycles. The predicted octanol–water partition coefficient (Wildman–Crippen LogP) is 1.74. The van der Waals surface area contributed by atoms with Gasteiger partial charge < -0.3 is 10.5 Å². The van der Waals surface area contributed by atoms with Crippen LogP contribution in [0.4, 0.5) is 0 Å². The molecule has 0 unspecified atom stereocenters.